The first-order chi connectivity index (χ1) is 8.35. The van der Waals surface area contributed by atoms with Crippen molar-refractivity contribution in [3.63, 3.8) is 0 Å². The number of aryl methyl sites for hydroxylation is 1. The van der Waals surface area contributed by atoms with Gasteiger partial charge in [0.2, 0.25) is 0 Å². The molecule has 0 aromatic heterocycles. The minimum Gasteiger partial charge on any atom is -0.310 e. The van der Waals surface area contributed by atoms with E-state index in [4.69, 9.17) is 0 Å². The average molecular weight is 231 g/mol. The van der Waals surface area contributed by atoms with Crippen LogP contribution in [0.25, 0.3) is 0 Å². The van der Waals surface area contributed by atoms with E-state index in [1.165, 1.54) is 18.4 Å². The van der Waals surface area contributed by atoms with Gasteiger partial charge in [0.05, 0.1) is 6.34 Å². The van der Waals surface area contributed by atoms with Gasteiger partial charge in [-0.15, -0.1) is 0 Å². The third-order valence-electron chi connectivity index (χ3n) is 3.30. The summed E-state index contributed by atoms with van der Waals surface area (Å²) >= 11 is 0. The topological polar surface area (TPSA) is 36.4 Å². The molecule has 0 bridgehead atoms. The predicted octanol–water partition coefficient (Wildman–Crippen LogP) is 2.64. The summed E-state index contributed by atoms with van der Waals surface area (Å²) in [5.74, 6) is 0. The second kappa shape index (κ2) is 5.82. The van der Waals surface area contributed by atoms with Crippen LogP contribution >= 0.6 is 0 Å². The summed E-state index contributed by atoms with van der Waals surface area (Å²) in [5, 5.41) is 0. The second-order valence-corrected chi connectivity index (χ2v) is 4.65. The fourth-order valence-corrected chi connectivity index (χ4v) is 2.20. The Morgan fingerprint density at radius 2 is 2.00 bits per heavy atom. The number of hydrogen-bond donors (Lipinski definition) is 2. The standard InChI is InChI=1S/C14H21N3/c1-2-3-10-14(15-12-16-17-14)11-9-13-7-5-4-6-8-13/h4-8,12,17H,2-3,9-11H2,1H3,(H,15,16). The Balaban J connectivity index is 1.92. The SMILES string of the molecule is CCCCC1(CCc2ccccc2)N=CNN1. The van der Waals surface area contributed by atoms with E-state index in [0.717, 1.165) is 19.3 Å². The van der Waals surface area contributed by atoms with Crippen molar-refractivity contribution in [2.45, 2.75) is 44.7 Å². The highest BCUT2D eigenvalue weighted by molar-refractivity contribution is 5.56. The highest BCUT2D eigenvalue weighted by Crippen LogP contribution is 2.23. The van der Waals surface area contributed by atoms with E-state index >= 15 is 0 Å². The van der Waals surface area contributed by atoms with Crippen molar-refractivity contribution in [1.82, 2.24) is 10.9 Å². The predicted molar refractivity (Wildman–Crippen MR) is 71.8 cm³/mol. The number of nitrogens with zero attached hydrogens (tertiary/aromatic N) is 1. The van der Waals surface area contributed by atoms with Gasteiger partial charge in [0.1, 0.15) is 5.66 Å². The molecular formula is C14H21N3. The zero-order valence-corrected chi connectivity index (χ0v) is 10.4. The first-order valence-electron chi connectivity index (χ1n) is 6.45. The minimum absolute atomic E-state index is 0.0914. The summed E-state index contributed by atoms with van der Waals surface area (Å²) in [7, 11) is 0. The molecule has 0 radical (unpaired) electrons. The lowest BCUT2D eigenvalue weighted by Crippen LogP contribution is -2.45. The van der Waals surface area contributed by atoms with Crippen LogP contribution in [0.1, 0.15) is 38.2 Å². The third-order valence-corrected chi connectivity index (χ3v) is 3.30. The molecule has 17 heavy (non-hydrogen) atoms. The number of benzene rings is 1. The van der Waals surface area contributed by atoms with Gasteiger partial charge in [-0.3, -0.25) is 4.99 Å². The molecule has 1 aromatic carbocycles. The third kappa shape index (κ3) is 3.30. The van der Waals surface area contributed by atoms with Crippen LogP contribution in [0.4, 0.5) is 0 Å². The number of aliphatic imine (C=N–C) groups is 1. The first kappa shape index (κ1) is 12.1. The van der Waals surface area contributed by atoms with Crippen molar-refractivity contribution in [2.75, 3.05) is 0 Å². The van der Waals surface area contributed by atoms with Crippen LogP contribution in [0, 0.1) is 0 Å². The molecule has 92 valence electrons. The number of nitrogens with one attached hydrogen (secondary N) is 2. The van der Waals surface area contributed by atoms with Gasteiger partial charge >= 0.3 is 0 Å². The Hall–Kier alpha value is -1.35. The molecule has 3 heteroatoms. The number of hydrogen-bond acceptors (Lipinski definition) is 3. The molecule has 1 aliphatic heterocycles. The van der Waals surface area contributed by atoms with Gasteiger partial charge in [0.15, 0.2) is 0 Å². The fourth-order valence-electron chi connectivity index (χ4n) is 2.20. The van der Waals surface area contributed by atoms with E-state index in [2.05, 4.69) is 53.1 Å². The van der Waals surface area contributed by atoms with Crippen LogP contribution in [0.15, 0.2) is 35.3 Å². The van der Waals surface area contributed by atoms with Crippen molar-refractivity contribution in [3.05, 3.63) is 35.9 Å². The molecule has 2 N–H and O–H groups in total. The highest BCUT2D eigenvalue weighted by Gasteiger charge is 2.30. The number of hydrazine groups is 1. The molecule has 1 atom stereocenters. The number of rotatable bonds is 6. The largest absolute Gasteiger partial charge is 0.310 e. The Morgan fingerprint density at radius 3 is 2.65 bits per heavy atom. The van der Waals surface area contributed by atoms with Gasteiger partial charge in [-0.2, -0.15) is 0 Å². The van der Waals surface area contributed by atoms with E-state index < -0.39 is 0 Å². The van der Waals surface area contributed by atoms with Crippen molar-refractivity contribution in [2.24, 2.45) is 4.99 Å². The molecule has 1 aliphatic rings. The normalized spacial score (nSPS) is 22.6. The van der Waals surface area contributed by atoms with Crippen LogP contribution < -0.4 is 10.9 Å². The number of unbranched alkanes of at least 4 members (excludes halogenated alkanes) is 1. The van der Waals surface area contributed by atoms with Gasteiger partial charge in [0.25, 0.3) is 0 Å². The Bertz CT molecular complexity index is 361. The molecule has 0 amide bonds. The maximum Gasteiger partial charge on any atom is 0.129 e. The molecule has 0 aliphatic carbocycles. The van der Waals surface area contributed by atoms with E-state index in [1.54, 1.807) is 6.34 Å². The Labute approximate surface area is 103 Å². The van der Waals surface area contributed by atoms with E-state index in [0.29, 0.717) is 0 Å². The molecule has 0 saturated carbocycles. The highest BCUT2D eigenvalue weighted by atomic mass is 15.5. The Morgan fingerprint density at radius 1 is 1.18 bits per heavy atom. The maximum absolute atomic E-state index is 4.57. The molecular weight excluding hydrogens is 210 g/mol. The van der Waals surface area contributed by atoms with Crippen molar-refractivity contribution < 1.29 is 0 Å². The molecule has 1 unspecified atom stereocenters. The smallest absolute Gasteiger partial charge is 0.129 e. The van der Waals surface area contributed by atoms with Crippen molar-refractivity contribution in [3.8, 4) is 0 Å². The van der Waals surface area contributed by atoms with Gasteiger partial charge in [-0.1, -0.05) is 43.7 Å². The van der Waals surface area contributed by atoms with Gasteiger partial charge in [-0.05, 0) is 31.2 Å². The monoisotopic (exact) mass is 231 g/mol. The zero-order chi connectivity index (χ0) is 12.0. The first-order valence-corrected chi connectivity index (χ1v) is 6.45. The summed E-state index contributed by atoms with van der Waals surface area (Å²) in [4.78, 5) is 4.57. The van der Waals surface area contributed by atoms with Crippen LogP contribution in [0.5, 0.6) is 0 Å². The summed E-state index contributed by atoms with van der Waals surface area (Å²) in [6, 6.07) is 10.6. The van der Waals surface area contributed by atoms with Crippen LogP contribution in [0.3, 0.4) is 0 Å². The lowest BCUT2D eigenvalue weighted by Gasteiger charge is -2.26. The van der Waals surface area contributed by atoms with Crippen LogP contribution in [-0.2, 0) is 6.42 Å². The lowest BCUT2D eigenvalue weighted by atomic mass is 9.95. The van der Waals surface area contributed by atoms with Crippen LogP contribution in [-0.4, -0.2) is 12.0 Å². The average Bonchev–Trinajstić information content (AvgIpc) is 2.85. The van der Waals surface area contributed by atoms with E-state index in [9.17, 15) is 0 Å². The summed E-state index contributed by atoms with van der Waals surface area (Å²) in [5.41, 5.74) is 7.61. The summed E-state index contributed by atoms with van der Waals surface area (Å²) in [6.45, 7) is 2.22. The molecule has 1 aromatic rings. The van der Waals surface area contributed by atoms with Gasteiger partial charge in [0, 0.05) is 0 Å². The lowest BCUT2D eigenvalue weighted by molar-refractivity contribution is 0.295. The maximum atomic E-state index is 4.57. The zero-order valence-electron chi connectivity index (χ0n) is 10.4. The van der Waals surface area contributed by atoms with E-state index in [-0.39, 0.29) is 5.66 Å². The molecule has 0 saturated heterocycles. The molecule has 3 nitrogen and oxygen atoms in total. The van der Waals surface area contributed by atoms with Crippen molar-refractivity contribution >= 4 is 6.34 Å². The minimum atomic E-state index is -0.0914. The second-order valence-electron chi connectivity index (χ2n) is 4.65. The Kier molecular flexibility index (Phi) is 4.15. The van der Waals surface area contributed by atoms with Crippen LogP contribution in [0.2, 0.25) is 0 Å². The quantitative estimate of drug-likeness (QED) is 0.789. The van der Waals surface area contributed by atoms with Crippen molar-refractivity contribution in [1.29, 1.82) is 0 Å². The van der Waals surface area contributed by atoms with Gasteiger partial charge in [-0.25, -0.2) is 5.43 Å². The molecule has 1 heterocycles. The summed E-state index contributed by atoms with van der Waals surface area (Å²) in [6.07, 6.45) is 7.41. The summed E-state index contributed by atoms with van der Waals surface area (Å²) < 4.78 is 0. The fraction of sp³-hybridized carbons (Fsp3) is 0.500. The van der Waals surface area contributed by atoms with E-state index in [1.807, 2.05) is 0 Å². The molecule has 0 spiro atoms. The van der Waals surface area contributed by atoms with Gasteiger partial charge < -0.3 is 5.43 Å². The molecule has 2 rings (SSSR count). The molecule has 0 fully saturated rings.